The number of hydrogen-bond acceptors (Lipinski definition) is 2. The maximum atomic E-state index is 13.4. The third-order valence-electron chi connectivity index (χ3n) is 1.56. The van der Waals surface area contributed by atoms with Crippen molar-refractivity contribution in [2.45, 2.75) is 0 Å². The van der Waals surface area contributed by atoms with Crippen molar-refractivity contribution in [2.24, 2.45) is 5.11 Å². The Hall–Kier alpha value is -2.49. The van der Waals surface area contributed by atoms with Crippen LogP contribution in [0.5, 0.6) is 0 Å². The number of halogens is 1. The summed E-state index contributed by atoms with van der Waals surface area (Å²) in [5.41, 5.74) is 8.05. The molecule has 0 unspecified atom stereocenters. The van der Waals surface area contributed by atoms with Crippen molar-refractivity contribution in [3.8, 4) is 17.9 Å². The molecule has 0 atom stereocenters. The van der Waals surface area contributed by atoms with E-state index in [0.717, 1.165) is 0 Å². The summed E-state index contributed by atoms with van der Waals surface area (Å²) < 4.78 is 13.4. The van der Waals surface area contributed by atoms with Gasteiger partial charge in [-0.3, -0.25) is 0 Å². The van der Waals surface area contributed by atoms with Crippen molar-refractivity contribution >= 4 is 0 Å². The van der Waals surface area contributed by atoms with Crippen molar-refractivity contribution in [3.63, 3.8) is 0 Å². The zero-order valence-electron chi connectivity index (χ0n) is 7.61. The largest absolute Gasteiger partial charge is 0.204 e. The number of azide groups is 1. The molecule has 0 aromatic heterocycles. The predicted molar refractivity (Wildman–Crippen MR) is 52.0 cm³/mol. The Kier molecular flexibility index (Phi) is 3.73. The molecule has 4 nitrogen and oxygen atoms in total. The van der Waals surface area contributed by atoms with Crippen LogP contribution in [-0.4, -0.2) is 6.54 Å². The number of hydrogen-bond donors (Lipinski definition) is 0. The van der Waals surface area contributed by atoms with Gasteiger partial charge in [0.1, 0.15) is 6.07 Å². The van der Waals surface area contributed by atoms with E-state index >= 15 is 0 Å². The van der Waals surface area contributed by atoms with E-state index in [1.165, 1.54) is 12.1 Å². The molecule has 72 valence electrons. The number of nitriles is 1. The molecule has 1 rings (SSSR count). The minimum atomic E-state index is -0.645. The van der Waals surface area contributed by atoms with Crippen LogP contribution in [0.4, 0.5) is 4.39 Å². The molecule has 0 bridgehead atoms. The summed E-state index contributed by atoms with van der Waals surface area (Å²) in [4.78, 5) is 2.50. The fourth-order valence-corrected chi connectivity index (χ4v) is 0.917. The highest BCUT2D eigenvalue weighted by molar-refractivity contribution is 5.43. The van der Waals surface area contributed by atoms with Crippen LogP contribution in [0.25, 0.3) is 10.4 Å². The Balaban J connectivity index is 2.99. The predicted octanol–water partition coefficient (Wildman–Crippen LogP) is 2.36. The van der Waals surface area contributed by atoms with E-state index in [4.69, 9.17) is 10.8 Å². The molecule has 0 aliphatic rings. The van der Waals surface area contributed by atoms with E-state index in [1.54, 1.807) is 12.1 Å². The highest BCUT2D eigenvalue weighted by Gasteiger charge is 2.03. The summed E-state index contributed by atoms with van der Waals surface area (Å²) in [6.45, 7) is -0.0211. The molecule has 5 heteroatoms. The lowest BCUT2D eigenvalue weighted by atomic mass is 10.1. The smallest absolute Gasteiger partial charge is 0.156 e. The Morgan fingerprint density at radius 1 is 1.47 bits per heavy atom. The summed E-state index contributed by atoms with van der Waals surface area (Å²) in [6, 6.07) is 6.08. The van der Waals surface area contributed by atoms with Crippen LogP contribution < -0.4 is 0 Å². The molecule has 1 aromatic rings. The second-order valence-electron chi connectivity index (χ2n) is 2.47. The normalized spacial score (nSPS) is 8.00. The zero-order valence-corrected chi connectivity index (χ0v) is 7.61. The van der Waals surface area contributed by atoms with E-state index in [-0.39, 0.29) is 17.7 Å². The van der Waals surface area contributed by atoms with Crippen LogP contribution in [-0.2, 0) is 0 Å². The van der Waals surface area contributed by atoms with E-state index in [0.29, 0.717) is 0 Å². The number of benzene rings is 1. The Morgan fingerprint density at radius 2 is 2.20 bits per heavy atom. The molecule has 0 aliphatic carbocycles. The van der Waals surface area contributed by atoms with Crippen molar-refractivity contribution in [2.75, 3.05) is 6.54 Å². The van der Waals surface area contributed by atoms with Crippen molar-refractivity contribution < 1.29 is 4.39 Å². The minimum Gasteiger partial charge on any atom is -0.204 e. The first-order valence-corrected chi connectivity index (χ1v) is 3.98. The first-order valence-electron chi connectivity index (χ1n) is 3.98. The molecule has 0 fully saturated rings. The summed E-state index contributed by atoms with van der Waals surface area (Å²) in [6.07, 6.45) is 0. The van der Waals surface area contributed by atoms with Gasteiger partial charge in [-0.15, -0.1) is 0 Å². The minimum absolute atomic E-state index is 0.0211. The lowest BCUT2D eigenvalue weighted by Crippen LogP contribution is -1.88. The van der Waals surface area contributed by atoms with Gasteiger partial charge >= 0.3 is 0 Å². The first-order chi connectivity index (χ1) is 7.29. The Bertz CT molecular complexity index is 512. The van der Waals surface area contributed by atoms with E-state index < -0.39 is 5.82 Å². The molecule has 0 N–H and O–H groups in total. The zero-order chi connectivity index (χ0) is 11.1. The number of rotatable bonds is 1. The standard InChI is InChI=1S/C10H5FN4/c11-10-8(5-2-6-14-15-13)3-1-4-9(10)7-12/h1,3-4H,6H2. The highest BCUT2D eigenvalue weighted by atomic mass is 19.1. The molecule has 0 heterocycles. The third kappa shape index (κ3) is 2.73. The molecule has 0 radical (unpaired) electrons. The first kappa shape index (κ1) is 10.6. The van der Waals surface area contributed by atoms with Gasteiger partial charge in [-0.1, -0.05) is 23.0 Å². The van der Waals surface area contributed by atoms with Crippen molar-refractivity contribution in [1.82, 2.24) is 0 Å². The summed E-state index contributed by atoms with van der Waals surface area (Å²) in [5.74, 6) is 4.31. The van der Waals surface area contributed by atoms with Gasteiger partial charge in [0, 0.05) is 4.91 Å². The summed E-state index contributed by atoms with van der Waals surface area (Å²) in [5, 5.41) is 11.7. The Labute approximate surface area is 85.6 Å². The molecule has 0 aliphatic heterocycles. The molecular weight excluding hydrogens is 195 g/mol. The maximum Gasteiger partial charge on any atom is 0.156 e. The van der Waals surface area contributed by atoms with Crippen LogP contribution in [0, 0.1) is 29.0 Å². The molecule has 15 heavy (non-hydrogen) atoms. The number of nitrogens with zero attached hydrogens (tertiary/aromatic N) is 4. The van der Waals surface area contributed by atoms with Crippen LogP contribution in [0.3, 0.4) is 0 Å². The van der Waals surface area contributed by atoms with Crippen LogP contribution in [0.1, 0.15) is 11.1 Å². The van der Waals surface area contributed by atoms with Gasteiger partial charge in [-0.25, -0.2) is 4.39 Å². The monoisotopic (exact) mass is 200 g/mol. The summed E-state index contributed by atoms with van der Waals surface area (Å²) >= 11 is 0. The van der Waals surface area contributed by atoms with Crippen molar-refractivity contribution in [3.05, 3.63) is 45.6 Å². The van der Waals surface area contributed by atoms with Gasteiger partial charge in [-0.05, 0) is 17.7 Å². The Morgan fingerprint density at radius 3 is 2.87 bits per heavy atom. The third-order valence-corrected chi connectivity index (χ3v) is 1.56. The molecular formula is C10H5FN4. The second kappa shape index (κ2) is 5.29. The van der Waals surface area contributed by atoms with Crippen LogP contribution in [0.2, 0.25) is 0 Å². The van der Waals surface area contributed by atoms with Crippen molar-refractivity contribution in [1.29, 1.82) is 5.26 Å². The average Bonchev–Trinajstić information content (AvgIpc) is 2.26. The topological polar surface area (TPSA) is 72.5 Å². The molecule has 0 amide bonds. The van der Waals surface area contributed by atoms with Gasteiger partial charge in [0.15, 0.2) is 5.82 Å². The molecule has 0 spiro atoms. The van der Waals surface area contributed by atoms with Gasteiger partial charge in [-0.2, -0.15) is 5.26 Å². The van der Waals surface area contributed by atoms with Crippen LogP contribution in [0.15, 0.2) is 23.3 Å². The SMILES string of the molecule is N#Cc1cccc(C#CCN=[N+]=[N-])c1F. The van der Waals surface area contributed by atoms with Gasteiger partial charge in [0.25, 0.3) is 0 Å². The summed E-state index contributed by atoms with van der Waals surface area (Å²) in [7, 11) is 0. The lowest BCUT2D eigenvalue weighted by molar-refractivity contribution is 0.620. The van der Waals surface area contributed by atoms with E-state index in [2.05, 4.69) is 21.9 Å². The van der Waals surface area contributed by atoms with Crippen LogP contribution >= 0.6 is 0 Å². The molecule has 0 saturated heterocycles. The molecule has 0 saturated carbocycles. The van der Waals surface area contributed by atoms with Gasteiger partial charge in [0.2, 0.25) is 0 Å². The second-order valence-corrected chi connectivity index (χ2v) is 2.47. The van der Waals surface area contributed by atoms with E-state index in [9.17, 15) is 4.39 Å². The quantitative estimate of drug-likeness (QED) is 0.297. The molecule has 1 aromatic carbocycles. The highest BCUT2D eigenvalue weighted by Crippen LogP contribution is 2.10. The fourth-order valence-electron chi connectivity index (χ4n) is 0.917. The average molecular weight is 200 g/mol. The van der Waals surface area contributed by atoms with Gasteiger partial charge in [0.05, 0.1) is 17.7 Å². The maximum absolute atomic E-state index is 13.4. The van der Waals surface area contributed by atoms with Gasteiger partial charge < -0.3 is 0 Å². The van der Waals surface area contributed by atoms with E-state index in [1.807, 2.05) is 0 Å². The fraction of sp³-hybridized carbons (Fsp3) is 0.100. The lowest BCUT2D eigenvalue weighted by Gasteiger charge is -1.94.